The van der Waals surface area contributed by atoms with E-state index < -0.39 is 0 Å². The zero-order valence-electron chi connectivity index (χ0n) is 11.4. The van der Waals surface area contributed by atoms with Gasteiger partial charge in [-0.05, 0) is 30.3 Å². The van der Waals surface area contributed by atoms with Gasteiger partial charge < -0.3 is 10.2 Å². The quantitative estimate of drug-likeness (QED) is 0.848. The van der Waals surface area contributed by atoms with Crippen LogP contribution in [0, 0.1) is 5.92 Å². The van der Waals surface area contributed by atoms with Crippen molar-refractivity contribution < 1.29 is 4.79 Å². The molecule has 5 heteroatoms. The Morgan fingerprint density at radius 3 is 2.67 bits per heavy atom. The smallest absolute Gasteiger partial charge is 0.317 e. The zero-order valence-corrected chi connectivity index (χ0v) is 13.0. The maximum atomic E-state index is 12.2. The molecular weight excluding hydrogens is 264 g/mol. The van der Waals surface area contributed by atoms with Gasteiger partial charge in [0.15, 0.2) is 0 Å². The predicted octanol–water partition coefficient (Wildman–Crippen LogP) is 2.67. The van der Waals surface area contributed by atoms with Gasteiger partial charge in [0.1, 0.15) is 0 Å². The molecule has 0 aliphatic carbocycles. The van der Waals surface area contributed by atoms with E-state index in [1.165, 1.54) is 11.5 Å². The molecule has 0 aromatic rings. The van der Waals surface area contributed by atoms with Crippen molar-refractivity contribution in [2.24, 2.45) is 5.92 Å². The molecule has 1 N–H and O–H groups in total. The van der Waals surface area contributed by atoms with Gasteiger partial charge in [-0.1, -0.05) is 13.8 Å². The van der Waals surface area contributed by atoms with Crippen LogP contribution in [0.5, 0.6) is 0 Å². The van der Waals surface area contributed by atoms with Crippen molar-refractivity contribution in [1.29, 1.82) is 0 Å². The van der Waals surface area contributed by atoms with Crippen molar-refractivity contribution in [2.45, 2.75) is 38.0 Å². The van der Waals surface area contributed by atoms with Gasteiger partial charge in [-0.25, -0.2) is 4.79 Å². The summed E-state index contributed by atoms with van der Waals surface area (Å²) in [6.07, 6.45) is 2.26. The lowest BCUT2D eigenvalue weighted by molar-refractivity contribution is 0.192. The summed E-state index contributed by atoms with van der Waals surface area (Å²) in [5.41, 5.74) is 0. The highest BCUT2D eigenvalue weighted by Gasteiger charge is 2.27. The average Bonchev–Trinajstić information content (AvgIpc) is 2.40. The Bertz CT molecular complexity index is 280. The van der Waals surface area contributed by atoms with Gasteiger partial charge >= 0.3 is 6.03 Å². The lowest BCUT2D eigenvalue weighted by atomic mass is 10.1. The van der Waals surface area contributed by atoms with Crippen LogP contribution < -0.4 is 5.32 Å². The minimum Gasteiger partial charge on any atom is -0.335 e. The van der Waals surface area contributed by atoms with Crippen LogP contribution in [0.4, 0.5) is 4.79 Å². The topological polar surface area (TPSA) is 32.3 Å². The third-order valence-corrected chi connectivity index (χ3v) is 6.26. The molecule has 0 saturated carbocycles. The highest BCUT2D eigenvalue weighted by molar-refractivity contribution is 8.00. The Morgan fingerprint density at radius 2 is 2.00 bits per heavy atom. The van der Waals surface area contributed by atoms with Crippen LogP contribution in [-0.4, -0.2) is 52.6 Å². The van der Waals surface area contributed by atoms with Crippen LogP contribution in [-0.2, 0) is 0 Å². The number of amides is 2. The molecule has 1 atom stereocenters. The van der Waals surface area contributed by atoms with Gasteiger partial charge in [0.05, 0.1) is 0 Å². The Kier molecular flexibility index (Phi) is 5.55. The van der Waals surface area contributed by atoms with Gasteiger partial charge in [0.25, 0.3) is 0 Å². The maximum Gasteiger partial charge on any atom is 0.317 e. The predicted molar refractivity (Wildman–Crippen MR) is 81.5 cm³/mol. The number of hydrogen-bond donors (Lipinski definition) is 1. The van der Waals surface area contributed by atoms with Gasteiger partial charge in [-0.3, -0.25) is 0 Å². The summed E-state index contributed by atoms with van der Waals surface area (Å²) in [5.74, 6) is 4.11. The number of carbonyl (C=O) groups is 1. The molecule has 3 nitrogen and oxygen atoms in total. The Hall–Kier alpha value is -0.0300. The fourth-order valence-electron chi connectivity index (χ4n) is 2.37. The van der Waals surface area contributed by atoms with Crippen molar-refractivity contribution in [1.82, 2.24) is 10.2 Å². The third-order valence-electron chi connectivity index (χ3n) is 3.67. The van der Waals surface area contributed by atoms with Crippen molar-refractivity contribution >= 4 is 29.6 Å². The molecule has 2 heterocycles. The number of thioether (sulfide) groups is 2. The van der Waals surface area contributed by atoms with Crippen molar-refractivity contribution in [3.05, 3.63) is 0 Å². The van der Waals surface area contributed by atoms with E-state index in [4.69, 9.17) is 0 Å². The normalized spacial score (nSPS) is 26.4. The largest absolute Gasteiger partial charge is 0.335 e. The van der Waals surface area contributed by atoms with E-state index in [0.29, 0.717) is 17.2 Å². The molecule has 18 heavy (non-hydrogen) atoms. The number of nitrogens with one attached hydrogen (secondary N) is 1. The van der Waals surface area contributed by atoms with E-state index in [2.05, 4.69) is 19.2 Å². The number of nitrogens with zero attached hydrogens (tertiary/aromatic N) is 1. The van der Waals surface area contributed by atoms with E-state index in [1.807, 2.05) is 28.4 Å². The molecule has 2 rings (SSSR count). The highest BCUT2D eigenvalue weighted by Crippen LogP contribution is 2.25. The molecule has 2 aliphatic rings. The number of rotatable bonds is 2. The first-order chi connectivity index (χ1) is 8.66. The van der Waals surface area contributed by atoms with E-state index in [0.717, 1.165) is 31.7 Å². The first-order valence-electron chi connectivity index (χ1n) is 6.91. The minimum atomic E-state index is 0.165. The highest BCUT2D eigenvalue weighted by atomic mass is 32.2. The summed E-state index contributed by atoms with van der Waals surface area (Å²) in [5, 5.41) is 3.82. The van der Waals surface area contributed by atoms with Gasteiger partial charge in [-0.2, -0.15) is 23.5 Å². The van der Waals surface area contributed by atoms with Crippen LogP contribution in [0.25, 0.3) is 0 Å². The van der Waals surface area contributed by atoms with Crippen LogP contribution >= 0.6 is 23.5 Å². The summed E-state index contributed by atoms with van der Waals surface area (Å²) in [7, 11) is 0. The maximum absolute atomic E-state index is 12.2. The molecule has 0 aromatic carbocycles. The number of urea groups is 1. The summed E-state index contributed by atoms with van der Waals surface area (Å²) in [6, 6.07) is 0.573. The molecule has 2 saturated heterocycles. The molecule has 104 valence electrons. The lowest BCUT2D eigenvalue weighted by Gasteiger charge is -2.35. The molecule has 0 bridgehead atoms. The molecule has 0 radical (unpaired) electrons. The summed E-state index contributed by atoms with van der Waals surface area (Å²) >= 11 is 4.01. The fraction of sp³-hybridized carbons (Fsp3) is 0.923. The molecule has 2 aliphatic heterocycles. The van der Waals surface area contributed by atoms with Gasteiger partial charge in [0, 0.05) is 30.1 Å². The van der Waals surface area contributed by atoms with Crippen molar-refractivity contribution in [3.8, 4) is 0 Å². The SMILES string of the molecule is CC(C)C1CN(C(=O)NC2CCSCC2)CCS1. The van der Waals surface area contributed by atoms with E-state index >= 15 is 0 Å². The summed E-state index contributed by atoms with van der Waals surface area (Å²) in [4.78, 5) is 14.3. The fourth-order valence-corrected chi connectivity index (χ4v) is 4.78. The molecule has 2 fully saturated rings. The van der Waals surface area contributed by atoms with Gasteiger partial charge in [-0.15, -0.1) is 0 Å². The second-order valence-corrected chi connectivity index (χ2v) is 8.01. The number of hydrogen-bond acceptors (Lipinski definition) is 3. The first-order valence-corrected chi connectivity index (χ1v) is 9.12. The monoisotopic (exact) mass is 288 g/mol. The average molecular weight is 288 g/mol. The van der Waals surface area contributed by atoms with Gasteiger partial charge in [0.2, 0.25) is 0 Å². The third kappa shape index (κ3) is 3.98. The summed E-state index contributed by atoms with van der Waals surface area (Å²) < 4.78 is 0. The molecule has 0 spiro atoms. The van der Waals surface area contributed by atoms with Crippen LogP contribution in [0.15, 0.2) is 0 Å². The molecule has 1 unspecified atom stereocenters. The second kappa shape index (κ2) is 6.94. The standard InChI is InChI=1S/C13H24N2OS2/c1-10(2)12-9-15(5-8-18-12)13(16)14-11-3-6-17-7-4-11/h10-12H,3-9H2,1-2H3,(H,14,16). The Balaban J connectivity index is 1.80. The van der Waals surface area contributed by atoms with E-state index in [9.17, 15) is 4.79 Å². The summed E-state index contributed by atoms with van der Waals surface area (Å²) in [6.45, 7) is 6.31. The molecule has 0 aromatic heterocycles. The minimum absolute atomic E-state index is 0.165. The van der Waals surface area contributed by atoms with Crippen LogP contribution in [0.1, 0.15) is 26.7 Å². The van der Waals surface area contributed by atoms with E-state index in [-0.39, 0.29) is 6.03 Å². The van der Waals surface area contributed by atoms with Crippen molar-refractivity contribution in [3.63, 3.8) is 0 Å². The Morgan fingerprint density at radius 1 is 1.28 bits per heavy atom. The zero-order chi connectivity index (χ0) is 13.0. The number of carbonyl (C=O) groups excluding carboxylic acids is 1. The van der Waals surface area contributed by atoms with Crippen LogP contribution in [0.2, 0.25) is 0 Å². The van der Waals surface area contributed by atoms with Crippen molar-refractivity contribution in [2.75, 3.05) is 30.3 Å². The van der Waals surface area contributed by atoms with Crippen LogP contribution in [0.3, 0.4) is 0 Å². The molecular formula is C13H24N2OS2. The Labute approximate surface area is 119 Å². The molecule has 2 amide bonds. The lowest BCUT2D eigenvalue weighted by Crippen LogP contribution is -2.51. The first kappa shape index (κ1) is 14.4. The second-order valence-electron chi connectivity index (χ2n) is 5.44. The van der Waals surface area contributed by atoms with E-state index in [1.54, 1.807) is 0 Å².